The Balaban J connectivity index is 1.10. The number of hydrogen-bond acceptors (Lipinski definition) is 8. The number of aromatic hydroxyl groups is 1. The average Bonchev–Trinajstić information content (AvgIpc) is 3.71. The van der Waals surface area contributed by atoms with E-state index >= 15 is 0 Å². The molecule has 13 heteroatoms. The fourth-order valence-electron chi connectivity index (χ4n) is 4.75. The van der Waals surface area contributed by atoms with E-state index in [0.717, 1.165) is 17.7 Å². The van der Waals surface area contributed by atoms with E-state index in [1.165, 1.54) is 18.2 Å². The van der Waals surface area contributed by atoms with Crippen LogP contribution in [0, 0.1) is 0 Å². The van der Waals surface area contributed by atoms with Gasteiger partial charge in [-0.25, -0.2) is 13.4 Å². The van der Waals surface area contributed by atoms with E-state index in [-0.39, 0.29) is 35.3 Å². The lowest BCUT2D eigenvalue weighted by Gasteiger charge is -2.28. The Labute approximate surface area is 267 Å². The molecule has 5 aromatic rings. The van der Waals surface area contributed by atoms with Crippen molar-refractivity contribution in [2.75, 3.05) is 11.3 Å². The molecule has 0 aliphatic rings. The van der Waals surface area contributed by atoms with Gasteiger partial charge in [-0.2, -0.15) is 0 Å². The highest BCUT2D eigenvalue weighted by atomic mass is 32.2. The summed E-state index contributed by atoms with van der Waals surface area (Å²) < 4.78 is 30.0. The van der Waals surface area contributed by atoms with Crippen molar-refractivity contribution in [1.29, 1.82) is 0 Å². The lowest BCUT2D eigenvalue weighted by Crippen LogP contribution is -2.42. The summed E-state index contributed by atoms with van der Waals surface area (Å²) in [5.74, 6) is -0.370. The lowest BCUT2D eigenvalue weighted by atomic mass is 9.99. The van der Waals surface area contributed by atoms with Crippen LogP contribution < -0.4 is 15.4 Å². The van der Waals surface area contributed by atoms with E-state index in [0.29, 0.717) is 29.1 Å². The Morgan fingerprint density at radius 3 is 2.50 bits per heavy atom. The average molecular weight is 644 g/mol. The Morgan fingerprint density at radius 2 is 1.78 bits per heavy atom. The molecule has 6 N–H and O–H groups in total. The second-order valence-corrected chi connectivity index (χ2v) is 13.3. The molecule has 1 atom stereocenters. The number of anilines is 1. The number of aromatic nitrogens is 4. The summed E-state index contributed by atoms with van der Waals surface area (Å²) in [7, 11) is -3.74. The van der Waals surface area contributed by atoms with Crippen molar-refractivity contribution >= 4 is 21.6 Å². The second-order valence-electron chi connectivity index (χ2n) is 11.6. The number of aliphatic hydroxyl groups excluding tert-OH is 1. The number of nitrogens with zero attached hydrogens (tertiary/aromatic N) is 3. The van der Waals surface area contributed by atoms with E-state index in [2.05, 4.69) is 44.4 Å². The number of nitrogens with one attached hydrogen (secondary N) is 4. The third kappa shape index (κ3) is 8.59. The summed E-state index contributed by atoms with van der Waals surface area (Å²) in [5, 5.41) is 32.6. The summed E-state index contributed by atoms with van der Waals surface area (Å²) in [6, 6.07) is 23.5. The number of β-amino-alcohol motifs (C(OH)–C–C–N with tert-alkyl or cyclic N) is 1. The van der Waals surface area contributed by atoms with Crippen LogP contribution in [0.3, 0.4) is 0 Å². The van der Waals surface area contributed by atoms with Gasteiger partial charge in [-0.3, -0.25) is 14.6 Å². The van der Waals surface area contributed by atoms with Crippen LogP contribution in [0.15, 0.2) is 102 Å². The molecule has 0 saturated heterocycles. The molecule has 0 saturated carbocycles. The van der Waals surface area contributed by atoms with E-state index in [1.54, 1.807) is 60.9 Å². The van der Waals surface area contributed by atoms with Crippen molar-refractivity contribution in [2.24, 2.45) is 0 Å². The minimum absolute atomic E-state index is 0.126. The standard InChI is InChI=1S/C33H37N7O5S/c1-33(2,36-20-30(41)25-7-6-8-26(17-25)39-46(44,45)28-9-4-3-5-10-28)15-16-40-21-29(35-22-40)23-11-13-24(14-12-23)32(43)34-19-27-18-31(42)38-37-27/h3-14,17-18,21-22,30,36,39,41H,15-16,19-20H2,1-2H3,(H,34,43)(H2,37,38,42)/t30-/m0/s1. The normalized spacial score (nSPS) is 12.5. The second kappa shape index (κ2) is 14.0. The van der Waals surface area contributed by atoms with Crippen molar-refractivity contribution in [3.8, 4) is 17.1 Å². The number of aromatic amines is 1. The van der Waals surface area contributed by atoms with Gasteiger partial charge in [0.25, 0.3) is 15.9 Å². The first-order valence-electron chi connectivity index (χ1n) is 14.7. The Kier molecular flexibility index (Phi) is 9.85. The van der Waals surface area contributed by atoms with Crippen LogP contribution in [0.25, 0.3) is 11.3 Å². The van der Waals surface area contributed by atoms with Crippen molar-refractivity contribution < 1.29 is 23.4 Å². The predicted molar refractivity (Wildman–Crippen MR) is 174 cm³/mol. The fraction of sp³-hybridized carbons (Fsp3) is 0.242. The molecule has 3 aromatic carbocycles. The van der Waals surface area contributed by atoms with Crippen LogP contribution in [0.5, 0.6) is 5.88 Å². The first-order valence-corrected chi connectivity index (χ1v) is 16.2. The molecular formula is C33H37N7O5S. The fourth-order valence-corrected chi connectivity index (χ4v) is 5.82. The van der Waals surface area contributed by atoms with Crippen LogP contribution in [0.1, 0.15) is 48.0 Å². The molecule has 1 amide bonds. The van der Waals surface area contributed by atoms with Gasteiger partial charge in [0.15, 0.2) is 0 Å². The molecule has 0 radical (unpaired) electrons. The number of imidazole rings is 1. The van der Waals surface area contributed by atoms with E-state index < -0.39 is 16.1 Å². The smallest absolute Gasteiger partial charge is 0.261 e. The molecule has 0 fully saturated rings. The Hall–Kier alpha value is -4.98. The van der Waals surface area contributed by atoms with E-state index in [9.17, 15) is 23.4 Å². The summed E-state index contributed by atoms with van der Waals surface area (Å²) in [6.07, 6.45) is 3.62. The number of carbonyl (C=O) groups excluding carboxylic acids is 1. The molecule has 0 aliphatic heterocycles. The molecule has 2 aromatic heterocycles. The lowest BCUT2D eigenvalue weighted by molar-refractivity contribution is 0.0950. The zero-order valence-corrected chi connectivity index (χ0v) is 26.3. The number of sulfonamides is 1. The zero-order valence-electron chi connectivity index (χ0n) is 25.5. The largest absolute Gasteiger partial charge is 0.492 e. The number of aliphatic hydroxyl groups is 1. The van der Waals surface area contributed by atoms with Gasteiger partial charge in [0.2, 0.25) is 5.88 Å². The van der Waals surface area contributed by atoms with E-state index in [1.807, 2.05) is 22.9 Å². The molecule has 46 heavy (non-hydrogen) atoms. The van der Waals surface area contributed by atoms with Crippen molar-refractivity contribution in [2.45, 2.75) is 49.9 Å². The monoisotopic (exact) mass is 643 g/mol. The molecule has 12 nitrogen and oxygen atoms in total. The number of benzene rings is 3. The maximum absolute atomic E-state index is 12.7. The predicted octanol–water partition coefficient (Wildman–Crippen LogP) is 4.20. The maximum atomic E-state index is 12.7. The molecule has 2 heterocycles. The summed E-state index contributed by atoms with van der Waals surface area (Å²) in [4.78, 5) is 17.2. The Morgan fingerprint density at radius 1 is 1.02 bits per heavy atom. The summed E-state index contributed by atoms with van der Waals surface area (Å²) in [6.45, 7) is 5.29. The third-order valence-electron chi connectivity index (χ3n) is 7.48. The van der Waals surface area contributed by atoms with Gasteiger partial charge in [-0.05, 0) is 62.2 Å². The minimum Gasteiger partial charge on any atom is -0.492 e. The number of aryl methyl sites for hydroxylation is 1. The molecule has 240 valence electrons. The summed E-state index contributed by atoms with van der Waals surface area (Å²) >= 11 is 0. The number of rotatable bonds is 14. The molecule has 0 bridgehead atoms. The topological polar surface area (TPSA) is 174 Å². The van der Waals surface area contributed by atoms with Crippen molar-refractivity contribution in [3.63, 3.8) is 0 Å². The quantitative estimate of drug-likeness (QED) is 0.104. The van der Waals surface area contributed by atoms with Crippen molar-refractivity contribution in [1.82, 2.24) is 30.4 Å². The number of H-pyrrole nitrogens is 1. The van der Waals surface area contributed by atoms with Gasteiger partial charge in [0, 0.05) is 47.7 Å². The first-order chi connectivity index (χ1) is 22.0. The minimum atomic E-state index is -3.74. The highest BCUT2D eigenvalue weighted by Gasteiger charge is 2.20. The highest BCUT2D eigenvalue weighted by Crippen LogP contribution is 2.22. The molecule has 5 rings (SSSR count). The van der Waals surface area contributed by atoms with Crippen molar-refractivity contribution in [3.05, 3.63) is 114 Å². The summed E-state index contributed by atoms with van der Waals surface area (Å²) in [5.41, 5.74) is 3.41. The third-order valence-corrected chi connectivity index (χ3v) is 8.88. The molecule has 0 spiro atoms. The van der Waals surface area contributed by atoms with Gasteiger partial charge >= 0.3 is 0 Å². The van der Waals surface area contributed by atoms with Gasteiger partial charge in [-0.15, -0.1) is 5.10 Å². The van der Waals surface area contributed by atoms with Gasteiger partial charge in [0.1, 0.15) is 0 Å². The molecular weight excluding hydrogens is 606 g/mol. The van der Waals surface area contributed by atoms with Gasteiger partial charge < -0.3 is 25.4 Å². The van der Waals surface area contributed by atoms with E-state index in [4.69, 9.17) is 0 Å². The number of amides is 1. The zero-order chi connectivity index (χ0) is 32.7. The molecule has 0 unspecified atom stereocenters. The number of carbonyl (C=O) groups is 1. The van der Waals surface area contributed by atoms with Gasteiger partial charge in [0.05, 0.1) is 35.3 Å². The maximum Gasteiger partial charge on any atom is 0.261 e. The Bertz CT molecular complexity index is 1870. The van der Waals surface area contributed by atoms with Crippen LogP contribution in [-0.4, -0.2) is 56.4 Å². The highest BCUT2D eigenvalue weighted by molar-refractivity contribution is 7.92. The van der Waals surface area contributed by atoms with Crippen LogP contribution in [0.2, 0.25) is 0 Å². The first kappa shape index (κ1) is 32.4. The van der Waals surface area contributed by atoms with Gasteiger partial charge in [-0.1, -0.05) is 42.5 Å². The SMILES string of the molecule is CC(C)(CCn1cnc(-c2ccc(C(=O)NCc3cc(O)n[nH]3)cc2)c1)NC[C@H](O)c1cccc(NS(=O)(=O)c2ccccc2)c1. The molecule has 0 aliphatic carbocycles. The van der Waals surface area contributed by atoms with Crippen LogP contribution in [0.4, 0.5) is 5.69 Å². The van der Waals surface area contributed by atoms with Crippen LogP contribution in [-0.2, 0) is 23.1 Å². The number of hydrogen-bond donors (Lipinski definition) is 6. The van der Waals surface area contributed by atoms with Crippen LogP contribution >= 0.6 is 0 Å².